The topological polar surface area (TPSA) is 105 Å². The number of nitrogens with zero attached hydrogens (tertiary/aromatic N) is 4. The molecule has 0 radical (unpaired) electrons. The van der Waals surface area contributed by atoms with E-state index >= 15 is 8.78 Å². The number of carbonyl (C=O) groups is 2. The average Bonchev–Trinajstić information content (AvgIpc) is 3.82. The highest BCUT2D eigenvalue weighted by atomic mass is 19.4. The van der Waals surface area contributed by atoms with Crippen molar-refractivity contribution in [3.05, 3.63) is 77.6 Å². The Kier molecular flexibility index (Phi) is 10.7. The van der Waals surface area contributed by atoms with Gasteiger partial charge in [-0.2, -0.15) is 13.2 Å². The van der Waals surface area contributed by atoms with E-state index in [2.05, 4.69) is 25.1 Å². The minimum absolute atomic E-state index is 0.0484. The minimum atomic E-state index is -4.65. The summed E-state index contributed by atoms with van der Waals surface area (Å²) in [7, 11) is 0. The lowest BCUT2D eigenvalue weighted by atomic mass is 9.96. The number of carboxylic acid groups (broad SMARTS) is 1. The van der Waals surface area contributed by atoms with E-state index in [0.717, 1.165) is 82.0 Å². The van der Waals surface area contributed by atoms with Crippen LogP contribution in [0.2, 0.25) is 0 Å². The molecule has 9 nitrogen and oxygen atoms in total. The molecule has 0 bridgehead atoms. The third-order valence-corrected chi connectivity index (χ3v) is 11.1. The van der Waals surface area contributed by atoms with Gasteiger partial charge in [0, 0.05) is 67.3 Å². The second kappa shape index (κ2) is 15.4. The number of rotatable bonds is 11. The maximum absolute atomic E-state index is 15.8. The number of anilines is 2. The molecule has 0 amide bonds. The maximum Gasteiger partial charge on any atom is 0.408 e. The van der Waals surface area contributed by atoms with Gasteiger partial charge in [0.2, 0.25) is 5.78 Å². The smallest absolute Gasteiger partial charge is 0.408 e. The van der Waals surface area contributed by atoms with Gasteiger partial charge in [0.1, 0.15) is 17.5 Å². The molecular weight excluding hydrogens is 695 g/mol. The average molecular weight is 739 g/mol. The molecule has 3 N–H and O–H groups in total. The van der Waals surface area contributed by atoms with Gasteiger partial charge in [-0.1, -0.05) is 25.0 Å². The molecule has 2 aromatic carbocycles. The molecule has 282 valence electrons. The van der Waals surface area contributed by atoms with E-state index in [1.807, 2.05) is 29.2 Å². The van der Waals surface area contributed by atoms with Crippen LogP contribution in [0.3, 0.4) is 0 Å². The van der Waals surface area contributed by atoms with E-state index < -0.39 is 52.8 Å². The molecule has 14 heteroatoms. The number of H-pyrrole nitrogens is 1. The molecule has 1 saturated carbocycles. The van der Waals surface area contributed by atoms with Gasteiger partial charge in [-0.05, 0) is 86.5 Å². The number of piperazine rings is 1. The van der Waals surface area contributed by atoms with Crippen LogP contribution in [-0.2, 0) is 4.79 Å². The predicted octanol–water partition coefficient (Wildman–Crippen LogP) is 7.19. The molecule has 2 saturated heterocycles. The molecule has 1 aliphatic carbocycles. The Bertz CT molecular complexity index is 1930. The largest absolute Gasteiger partial charge is 0.480 e. The molecular formula is C39H43F5N6O3. The van der Waals surface area contributed by atoms with Crippen molar-refractivity contribution in [3.63, 3.8) is 0 Å². The molecule has 3 fully saturated rings. The Morgan fingerprint density at radius 3 is 2.26 bits per heavy atom. The van der Waals surface area contributed by atoms with Crippen molar-refractivity contribution in [3.8, 4) is 11.1 Å². The number of alkyl halides is 3. The number of aromatic nitrogens is 2. The Labute approximate surface area is 304 Å². The van der Waals surface area contributed by atoms with Gasteiger partial charge in [0.15, 0.2) is 5.82 Å². The Hall–Kier alpha value is -4.56. The number of piperidine rings is 1. The highest BCUT2D eigenvalue weighted by Crippen LogP contribution is 2.39. The number of hydrogen-bond donors (Lipinski definition) is 3. The van der Waals surface area contributed by atoms with Crippen molar-refractivity contribution >= 4 is 34.2 Å². The first kappa shape index (κ1) is 36.8. The maximum atomic E-state index is 15.8. The highest BCUT2D eigenvalue weighted by Gasteiger charge is 2.46. The number of carboxylic acids is 1. The van der Waals surface area contributed by atoms with Crippen LogP contribution in [0.15, 0.2) is 54.9 Å². The fraction of sp³-hybridized carbons (Fsp3) is 0.462. The summed E-state index contributed by atoms with van der Waals surface area (Å²) in [6, 6.07) is 9.39. The highest BCUT2D eigenvalue weighted by molar-refractivity contribution is 6.16. The van der Waals surface area contributed by atoms with Crippen LogP contribution < -0.4 is 10.2 Å². The van der Waals surface area contributed by atoms with Gasteiger partial charge >= 0.3 is 12.1 Å². The second-order valence-corrected chi connectivity index (χ2v) is 14.6. The quantitative estimate of drug-likeness (QED) is 0.110. The number of halogens is 5. The SMILES string of the molecule is O=C(O)CN1CCC(CN2CCN(c3ccc(-c4cnc5[nH]cc(C(=O)c6c(F)ccc(NC(C7CCCC7)C(F)(F)F)c6F)c5c4)cc3)CC2)CC1. The fourth-order valence-electron chi connectivity index (χ4n) is 8.22. The summed E-state index contributed by atoms with van der Waals surface area (Å²) in [5.74, 6) is -4.48. The molecule has 2 aromatic heterocycles. The van der Waals surface area contributed by atoms with E-state index in [4.69, 9.17) is 5.11 Å². The number of ketones is 1. The second-order valence-electron chi connectivity index (χ2n) is 14.6. The van der Waals surface area contributed by atoms with E-state index in [0.29, 0.717) is 48.2 Å². The summed E-state index contributed by atoms with van der Waals surface area (Å²) in [4.78, 5) is 38.8. The number of aliphatic carboxylic acids is 1. The lowest BCUT2D eigenvalue weighted by Crippen LogP contribution is -2.49. The zero-order valence-electron chi connectivity index (χ0n) is 29.3. The summed E-state index contributed by atoms with van der Waals surface area (Å²) in [5, 5.41) is 11.6. The molecule has 0 spiro atoms. The van der Waals surface area contributed by atoms with Gasteiger partial charge in [0.25, 0.3) is 0 Å². The number of pyridine rings is 1. The predicted molar refractivity (Wildman–Crippen MR) is 192 cm³/mol. The van der Waals surface area contributed by atoms with Gasteiger partial charge in [0.05, 0.1) is 17.8 Å². The number of hydrogen-bond acceptors (Lipinski definition) is 7. The van der Waals surface area contributed by atoms with Gasteiger partial charge in [-0.3, -0.25) is 19.4 Å². The first-order chi connectivity index (χ1) is 25.4. The van der Waals surface area contributed by atoms with E-state index in [9.17, 15) is 22.8 Å². The normalized spacial score (nSPS) is 18.8. The van der Waals surface area contributed by atoms with Gasteiger partial charge < -0.3 is 20.3 Å². The minimum Gasteiger partial charge on any atom is -0.480 e. The summed E-state index contributed by atoms with van der Waals surface area (Å²) in [6.07, 6.45) is 2.30. The van der Waals surface area contributed by atoms with Gasteiger partial charge in [-0.25, -0.2) is 13.8 Å². The molecule has 4 heterocycles. The third-order valence-electron chi connectivity index (χ3n) is 11.1. The summed E-state index contributed by atoms with van der Waals surface area (Å²) < 4.78 is 72.8. The number of carbonyl (C=O) groups excluding carboxylic acids is 1. The number of aromatic amines is 1. The van der Waals surface area contributed by atoms with Crippen molar-refractivity contribution in [1.82, 2.24) is 19.8 Å². The van der Waals surface area contributed by atoms with Crippen LogP contribution >= 0.6 is 0 Å². The van der Waals surface area contributed by atoms with Crippen molar-refractivity contribution in [2.24, 2.45) is 11.8 Å². The van der Waals surface area contributed by atoms with Crippen LogP contribution in [0, 0.1) is 23.5 Å². The number of benzene rings is 2. The number of nitrogens with one attached hydrogen (secondary N) is 2. The summed E-state index contributed by atoms with van der Waals surface area (Å²) in [6.45, 7) is 6.40. The standard InChI is InChI=1S/C39H43F5N6O3/c40-31-9-10-32(47-37(39(42,43)44)26-3-1-2-4-26)35(41)34(31)36(53)30-21-46-38-29(30)19-27(20-45-38)25-5-7-28(8-6-25)50-17-15-49(16-18-50)22-24-11-13-48(14-12-24)23-33(51)52/h5-10,19-21,24,26,37,47H,1-4,11-18,22-23H2,(H,45,46)(H,51,52). The first-order valence-electron chi connectivity index (χ1n) is 18.3. The molecule has 3 aliphatic rings. The Balaban J connectivity index is 1.02. The van der Waals surface area contributed by atoms with Crippen molar-refractivity contribution < 1.29 is 36.6 Å². The van der Waals surface area contributed by atoms with E-state index in [1.54, 1.807) is 12.3 Å². The molecule has 4 aromatic rings. The molecule has 7 rings (SSSR count). The Morgan fingerprint density at radius 2 is 1.60 bits per heavy atom. The summed E-state index contributed by atoms with van der Waals surface area (Å²) >= 11 is 0. The number of likely N-dealkylation sites (tertiary alicyclic amines) is 1. The summed E-state index contributed by atoms with van der Waals surface area (Å²) in [5.41, 5.74) is 1.35. The molecule has 1 atom stereocenters. The van der Waals surface area contributed by atoms with Gasteiger partial charge in [-0.15, -0.1) is 0 Å². The molecule has 53 heavy (non-hydrogen) atoms. The van der Waals surface area contributed by atoms with Crippen LogP contribution in [-0.4, -0.2) is 101 Å². The zero-order valence-corrected chi connectivity index (χ0v) is 29.3. The lowest BCUT2D eigenvalue weighted by molar-refractivity contribution is -0.153. The van der Waals surface area contributed by atoms with Crippen molar-refractivity contribution in [2.45, 2.75) is 50.7 Å². The molecule has 2 aliphatic heterocycles. The fourth-order valence-corrected chi connectivity index (χ4v) is 8.22. The third kappa shape index (κ3) is 8.18. The van der Waals surface area contributed by atoms with E-state index in [-0.39, 0.29) is 12.1 Å². The lowest BCUT2D eigenvalue weighted by Gasteiger charge is -2.39. The van der Waals surface area contributed by atoms with Crippen LogP contribution in [0.25, 0.3) is 22.2 Å². The molecule has 1 unspecified atom stereocenters. The van der Waals surface area contributed by atoms with Crippen molar-refractivity contribution in [2.75, 3.05) is 62.6 Å². The Morgan fingerprint density at radius 1 is 0.906 bits per heavy atom. The van der Waals surface area contributed by atoms with E-state index in [1.165, 1.54) is 6.20 Å². The first-order valence-corrected chi connectivity index (χ1v) is 18.3. The zero-order chi connectivity index (χ0) is 37.3. The van der Waals surface area contributed by atoms with Crippen molar-refractivity contribution in [1.29, 1.82) is 0 Å². The monoisotopic (exact) mass is 738 g/mol. The number of fused-ring (bicyclic) bond motifs is 1. The van der Waals surface area contributed by atoms with Crippen LogP contribution in [0.1, 0.15) is 54.4 Å². The van der Waals surface area contributed by atoms with Crippen LogP contribution in [0.4, 0.5) is 33.3 Å². The van der Waals surface area contributed by atoms with Crippen LogP contribution in [0.5, 0.6) is 0 Å².